The largest absolute Gasteiger partial charge is 0.497 e. The van der Waals surface area contributed by atoms with Crippen molar-refractivity contribution in [1.82, 2.24) is 4.90 Å². The molecule has 0 saturated heterocycles. The van der Waals surface area contributed by atoms with Crippen molar-refractivity contribution in [3.63, 3.8) is 0 Å². The molecule has 0 N–H and O–H groups in total. The lowest BCUT2D eigenvalue weighted by Crippen LogP contribution is -2.36. The highest BCUT2D eigenvalue weighted by Crippen LogP contribution is 2.33. The van der Waals surface area contributed by atoms with E-state index in [0.29, 0.717) is 6.42 Å². The van der Waals surface area contributed by atoms with E-state index in [2.05, 4.69) is 11.0 Å². The first-order chi connectivity index (χ1) is 12.1. The van der Waals surface area contributed by atoms with Gasteiger partial charge < -0.3 is 14.5 Å². The quantitative estimate of drug-likeness (QED) is 0.833. The van der Waals surface area contributed by atoms with Crippen LogP contribution in [0.2, 0.25) is 0 Å². The normalized spacial score (nSPS) is 13.6. The predicted molar refractivity (Wildman–Crippen MR) is 106 cm³/mol. The molecule has 0 radical (unpaired) electrons. The van der Waals surface area contributed by atoms with E-state index in [0.717, 1.165) is 30.3 Å². The Morgan fingerprint density at radius 2 is 1.76 bits per heavy atom. The van der Waals surface area contributed by atoms with Crippen LogP contribution in [0, 0.1) is 0 Å². The maximum atomic E-state index is 12.1. The molecule has 0 unspecified atom stereocenters. The summed E-state index contributed by atoms with van der Waals surface area (Å²) in [5, 5.41) is 0. The van der Waals surface area contributed by atoms with Crippen LogP contribution in [0.15, 0.2) is 59.5 Å². The number of nitrogens with zero attached hydrogens (tertiary/aromatic N) is 2. The van der Waals surface area contributed by atoms with E-state index in [4.69, 9.17) is 4.74 Å². The monoisotopic (exact) mass is 358 g/mol. The van der Waals surface area contributed by atoms with Crippen LogP contribution in [-0.4, -0.2) is 50.9 Å². The van der Waals surface area contributed by atoms with Gasteiger partial charge in [-0.3, -0.25) is 4.79 Å². The van der Waals surface area contributed by atoms with Gasteiger partial charge in [-0.1, -0.05) is 30.3 Å². The number of hydrogen-bond acceptors (Lipinski definition) is 4. The second kappa shape index (κ2) is 10.1. The number of ether oxygens (including phenoxy) is 1. The van der Waals surface area contributed by atoms with E-state index in [1.54, 1.807) is 18.9 Å². The summed E-state index contributed by atoms with van der Waals surface area (Å²) in [6, 6.07) is 17.9. The highest BCUT2D eigenvalue weighted by Gasteiger charge is 2.21. The fourth-order valence-corrected chi connectivity index (χ4v) is 3.42. The highest BCUT2D eigenvalue weighted by atomic mass is 32.2. The maximum absolute atomic E-state index is 12.1. The zero-order valence-corrected chi connectivity index (χ0v) is 16.0. The van der Waals surface area contributed by atoms with Crippen LogP contribution in [0.25, 0.3) is 0 Å². The number of fused-ring (bicyclic) bond motifs is 1. The van der Waals surface area contributed by atoms with Crippen molar-refractivity contribution in [2.75, 3.05) is 44.9 Å². The highest BCUT2D eigenvalue weighted by molar-refractivity contribution is 7.99. The minimum absolute atomic E-state index is 0.240. The lowest BCUT2D eigenvalue weighted by molar-refractivity contribution is -0.118. The molecular weight excluding hydrogens is 332 g/mol. The molecule has 2 aromatic rings. The molecule has 0 aliphatic carbocycles. The van der Waals surface area contributed by atoms with Crippen molar-refractivity contribution < 1.29 is 9.53 Å². The number of rotatable bonds is 4. The Balaban J connectivity index is 0.000000236. The molecule has 1 heterocycles. The Morgan fingerprint density at radius 3 is 2.40 bits per heavy atom. The van der Waals surface area contributed by atoms with E-state index in [-0.39, 0.29) is 5.91 Å². The number of benzene rings is 2. The molecule has 0 aromatic heterocycles. The molecule has 0 bridgehead atoms. The molecule has 4 nitrogen and oxygen atoms in total. The number of hydrogen-bond donors (Lipinski definition) is 0. The Kier molecular flexibility index (Phi) is 7.82. The number of likely N-dealkylation sites (N-methyl/N-ethyl adjacent to an activating group) is 1. The third-order valence-corrected chi connectivity index (χ3v) is 4.84. The predicted octanol–water partition coefficient (Wildman–Crippen LogP) is 3.77. The van der Waals surface area contributed by atoms with E-state index < -0.39 is 0 Å². The Bertz CT molecular complexity index is 662. The molecule has 0 fully saturated rings. The summed E-state index contributed by atoms with van der Waals surface area (Å²) in [6.07, 6.45) is 0.632. The Labute approximate surface area is 154 Å². The molecule has 25 heavy (non-hydrogen) atoms. The molecule has 1 amide bonds. The summed E-state index contributed by atoms with van der Waals surface area (Å²) >= 11 is 1.78. The van der Waals surface area contributed by atoms with E-state index in [1.807, 2.05) is 67.5 Å². The van der Waals surface area contributed by atoms with Crippen LogP contribution >= 0.6 is 11.8 Å². The van der Waals surface area contributed by atoms with Gasteiger partial charge in [-0.15, -0.1) is 11.8 Å². The van der Waals surface area contributed by atoms with E-state index in [1.165, 1.54) is 4.90 Å². The van der Waals surface area contributed by atoms with Crippen LogP contribution in [0.5, 0.6) is 5.75 Å². The zero-order valence-electron chi connectivity index (χ0n) is 15.1. The van der Waals surface area contributed by atoms with Gasteiger partial charge in [0.25, 0.3) is 0 Å². The number of carbonyl (C=O) groups is 1. The molecular formula is C20H26N2O2S. The zero-order chi connectivity index (χ0) is 18.1. The van der Waals surface area contributed by atoms with Gasteiger partial charge >= 0.3 is 0 Å². The first-order valence-electron chi connectivity index (χ1n) is 8.37. The minimum atomic E-state index is 0.240. The Hall–Kier alpha value is -1.98. The van der Waals surface area contributed by atoms with E-state index >= 15 is 0 Å². The van der Waals surface area contributed by atoms with E-state index in [9.17, 15) is 4.79 Å². The number of methoxy groups -OCH3 is 1. The maximum Gasteiger partial charge on any atom is 0.227 e. The summed E-state index contributed by atoms with van der Waals surface area (Å²) in [7, 11) is 5.72. The molecule has 1 aliphatic heterocycles. The molecule has 3 rings (SSSR count). The summed E-state index contributed by atoms with van der Waals surface area (Å²) in [6.45, 7) is 1.66. The van der Waals surface area contributed by atoms with Crippen molar-refractivity contribution in [2.45, 2.75) is 11.3 Å². The number of carbonyl (C=O) groups excluding carboxylic acids is 1. The van der Waals surface area contributed by atoms with Gasteiger partial charge in [0.15, 0.2) is 0 Å². The number of amides is 1. The number of thioether (sulfide) groups is 1. The van der Waals surface area contributed by atoms with Gasteiger partial charge in [0.05, 0.1) is 12.8 Å². The molecule has 134 valence electrons. The molecule has 0 saturated carbocycles. The van der Waals surface area contributed by atoms with Crippen molar-refractivity contribution >= 4 is 23.4 Å². The fourth-order valence-electron chi connectivity index (χ4n) is 2.42. The first-order valence-corrected chi connectivity index (χ1v) is 9.36. The van der Waals surface area contributed by atoms with Crippen molar-refractivity contribution in [3.05, 3.63) is 54.6 Å². The average molecular weight is 359 g/mol. The Morgan fingerprint density at radius 1 is 1.08 bits per heavy atom. The van der Waals surface area contributed by atoms with Gasteiger partial charge in [0.1, 0.15) is 5.75 Å². The molecule has 0 spiro atoms. The summed E-state index contributed by atoms with van der Waals surface area (Å²) < 4.78 is 4.91. The van der Waals surface area contributed by atoms with Crippen molar-refractivity contribution in [1.29, 1.82) is 0 Å². The molecule has 0 atom stereocenters. The van der Waals surface area contributed by atoms with Gasteiger partial charge in [-0.25, -0.2) is 0 Å². The summed E-state index contributed by atoms with van der Waals surface area (Å²) in [5.74, 6) is 2.03. The summed E-state index contributed by atoms with van der Waals surface area (Å²) in [4.78, 5) is 17.3. The molecule has 1 aliphatic rings. The lowest BCUT2D eigenvalue weighted by atomic mass is 10.2. The molecule has 2 aromatic carbocycles. The van der Waals surface area contributed by atoms with Crippen molar-refractivity contribution in [3.8, 4) is 5.75 Å². The smallest absolute Gasteiger partial charge is 0.227 e. The topological polar surface area (TPSA) is 32.8 Å². The van der Waals surface area contributed by atoms with Crippen LogP contribution in [0.3, 0.4) is 0 Å². The van der Waals surface area contributed by atoms with Gasteiger partial charge in [0.2, 0.25) is 5.91 Å². The fraction of sp³-hybridized carbons (Fsp3) is 0.350. The molecule has 5 heteroatoms. The summed E-state index contributed by atoms with van der Waals surface area (Å²) in [5.41, 5.74) is 1.07. The minimum Gasteiger partial charge on any atom is -0.497 e. The van der Waals surface area contributed by atoms with Gasteiger partial charge in [-0.2, -0.15) is 0 Å². The number of para-hydroxylation sites is 2. The second-order valence-electron chi connectivity index (χ2n) is 5.93. The van der Waals surface area contributed by atoms with Crippen LogP contribution in [-0.2, 0) is 4.79 Å². The average Bonchev–Trinajstić information content (AvgIpc) is 2.79. The SMILES string of the molecule is CN(C)CCN1C(=O)CCSc2ccccc21.COc1ccccc1. The van der Waals surface area contributed by atoms with Crippen LogP contribution in [0.1, 0.15) is 6.42 Å². The van der Waals surface area contributed by atoms with Crippen LogP contribution < -0.4 is 9.64 Å². The third kappa shape index (κ3) is 6.11. The van der Waals surface area contributed by atoms with Crippen molar-refractivity contribution in [2.24, 2.45) is 0 Å². The standard InChI is InChI=1S/C13H18N2OS.C7H8O/c1-14(2)8-9-15-11-5-3-4-6-12(11)17-10-7-13(15)16;1-8-7-5-3-2-4-6-7/h3-6H,7-10H2,1-2H3;2-6H,1H3. The lowest BCUT2D eigenvalue weighted by Gasteiger charge is -2.24. The number of anilines is 1. The third-order valence-electron chi connectivity index (χ3n) is 3.78. The van der Waals surface area contributed by atoms with Gasteiger partial charge in [-0.05, 0) is 38.4 Å². The van der Waals surface area contributed by atoms with Crippen LogP contribution in [0.4, 0.5) is 5.69 Å². The van der Waals surface area contributed by atoms with Gasteiger partial charge in [0, 0.05) is 30.2 Å². The first kappa shape index (κ1) is 19.3. The second-order valence-corrected chi connectivity index (χ2v) is 7.07.